The molecule has 0 aliphatic carbocycles. The van der Waals surface area contributed by atoms with Crippen LogP contribution >= 0.6 is 0 Å². The Kier molecular flexibility index (Phi) is 2.86. The third-order valence-electron chi connectivity index (χ3n) is 2.70. The van der Waals surface area contributed by atoms with E-state index in [9.17, 15) is 8.78 Å². The molecule has 0 saturated heterocycles. The van der Waals surface area contributed by atoms with Crippen molar-refractivity contribution in [2.24, 2.45) is 0 Å². The van der Waals surface area contributed by atoms with Crippen molar-refractivity contribution in [2.75, 3.05) is 5.73 Å². The highest BCUT2D eigenvalue weighted by atomic mass is 19.1. The van der Waals surface area contributed by atoms with Crippen molar-refractivity contribution >= 4 is 5.69 Å². The van der Waals surface area contributed by atoms with Crippen LogP contribution in [-0.4, -0.2) is 19.7 Å². The van der Waals surface area contributed by atoms with Crippen LogP contribution < -0.4 is 5.73 Å². The summed E-state index contributed by atoms with van der Waals surface area (Å²) in [5, 5.41) is 4.17. The van der Waals surface area contributed by atoms with E-state index in [1.165, 1.54) is 35.5 Å². The van der Waals surface area contributed by atoms with Crippen LogP contribution in [0.3, 0.4) is 0 Å². The van der Waals surface area contributed by atoms with Gasteiger partial charge in [-0.05, 0) is 12.1 Å². The van der Waals surface area contributed by atoms with Gasteiger partial charge < -0.3 is 5.73 Å². The smallest absolute Gasteiger partial charge is 0.151 e. The zero-order chi connectivity index (χ0) is 14.1. The molecule has 2 N–H and O–H groups in total. The third kappa shape index (κ3) is 2.09. The number of halogens is 2. The highest BCUT2D eigenvalue weighted by molar-refractivity contribution is 5.68. The lowest BCUT2D eigenvalue weighted by Crippen LogP contribution is -1.99. The molecule has 0 aliphatic heterocycles. The van der Waals surface area contributed by atoms with E-state index >= 15 is 0 Å². The topological polar surface area (TPSA) is 69.6 Å². The maximum absolute atomic E-state index is 13.7. The molecule has 3 rings (SSSR count). The van der Waals surface area contributed by atoms with E-state index in [4.69, 9.17) is 5.73 Å². The van der Waals surface area contributed by atoms with Crippen molar-refractivity contribution in [3.8, 4) is 17.1 Å². The van der Waals surface area contributed by atoms with Gasteiger partial charge in [-0.1, -0.05) is 0 Å². The monoisotopic (exact) mass is 273 g/mol. The molecule has 7 heteroatoms. The van der Waals surface area contributed by atoms with Crippen LogP contribution in [0.4, 0.5) is 14.5 Å². The number of nitrogen functional groups attached to an aromatic ring is 1. The Balaban J connectivity index is 2.09. The Morgan fingerprint density at radius 1 is 1.15 bits per heavy atom. The molecule has 5 nitrogen and oxygen atoms in total. The van der Waals surface area contributed by atoms with Crippen LogP contribution in [0.1, 0.15) is 0 Å². The van der Waals surface area contributed by atoms with Crippen molar-refractivity contribution in [3.05, 3.63) is 54.6 Å². The normalized spacial score (nSPS) is 10.7. The lowest BCUT2D eigenvalue weighted by atomic mass is 10.3. The summed E-state index contributed by atoms with van der Waals surface area (Å²) in [6.07, 6.45) is 5.98. The molecule has 0 spiro atoms. The first-order valence-corrected chi connectivity index (χ1v) is 5.72. The number of benzene rings is 1. The largest absolute Gasteiger partial charge is 0.396 e. The summed E-state index contributed by atoms with van der Waals surface area (Å²) in [5.41, 5.74) is 7.14. The molecule has 0 amide bonds. The molecule has 0 fully saturated rings. The maximum atomic E-state index is 13.7. The summed E-state index contributed by atoms with van der Waals surface area (Å²) in [4.78, 5) is 8.00. The Labute approximate surface area is 112 Å². The lowest BCUT2D eigenvalue weighted by molar-refractivity contribution is 0.574. The lowest BCUT2D eigenvalue weighted by Gasteiger charge is -2.02. The van der Waals surface area contributed by atoms with Gasteiger partial charge in [-0.3, -0.25) is 9.97 Å². The van der Waals surface area contributed by atoms with E-state index in [1.807, 2.05) is 0 Å². The van der Waals surface area contributed by atoms with Crippen molar-refractivity contribution in [3.63, 3.8) is 0 Å². The van der Waals surface area contributed by atoms with Gasteiger partial charge >= 0.3 is 0 Å². The van der Waals surface area contributed by atoms with Gasteiger partial charge in [0.1, 0.15) is 22.9 Å². The zero-order valence-electron chi connectivity index (χ0n) is 10.2. The van der Waals surface area contributed by atoms with Gasteiger partial charge in [0.2, 0.25) is 0 Å². The van der Waals surface area contributed by atoms with Gasteiger partial charge in [0, 0.05) is 18.5 Å². The molecule has 20 heavy (non-hydrogen) atoms. The third-order valence-corrected chi connectivity index (χ3v) is 2.70. The molecule has 0 unspecified atom stereocenters. The highest BCUT2D eigenvalue weighted by Crippen LogP contribution is 2.24. The Morgan fingerprint density at radius 2 is 2.00 bits per heavy atom. The van der Waals surface area contributed by atoms with Gasteiger partial charge in [-0.15, -0.1) is 0 Å². The van der Waals surface area contributed by atoms with Gasteiger partial charge in [0.15, 0.2) is 5.82 Å². The fraction of sp³-hybridized carbons (Fsp3) is 0. The summed E-state index contributed by atoms with van der Waals surface area (Å²) in [6, 6.07) is 3.23. The second kappa shape index (κ2) is 4.69. The number of nitrogens with two attached hydrogens (primary N) is 1. The SMILES string of the molecule is Nc1cn(-c2ccc(F)cc2F)nc1-c1cnccn1. The van der Waals surface area contributed by atoms with E-state index in [1.54, 1.807) is 0 Å². The quantitative estimate of drug-likeness (QED) is 0.777. The van der Waals surface area contributed by atoms with Gasteiger partial charge in [0.25, 0.3) is 0 Å². The fourth-order valence-corrected chi connectivity index (χ4v) is 1.80. The molecule has 100 valence electrons. The van der Waals surface area contributed by atoms with Crippen LogP contribution in [0, 0.1) is 11.6 Å². The van der Waals surface area contributed by atoms with Crippen molar-refractivity contribution in [1.82, 2.24) is 19.7 Å². The molecule has 3 aromatic rings. The average Bonchev–Trinajstić information content (AvgIpc) is 2.81. The highest BCUT2D eigenvalue weighted by Gasteiger charge is 2.13. The van der Waals surface area contributed by atoms with Crippen LogP contribution in [-0.2, 0) is 0 Å². The van der Waals surface area contributed by atoms with E-state index in [0.29, 0.717) is 17.1 Å². The minimum atomic E-state index is -0.724. The molecular formula is C13H9F2N5. The number of aromatic nitrogens is 4. The minimum absolute atomic E-state index is 0.105. The first kappa shape index (κ1) is 12.2. The van der Waals surface area contributed by atoms with E-state index in [-0.39, 0.29) is 5.69 Å². The van der Waals surface area contributed by atoms with E-state index in [0.717, 1.165) is 12.1 Å². The first-order chi connectivity index (χ1) is 9.65. The number of anilines is 1. The molecule has 2 aromatic heterocycles. The van der Waals surface area contributed by atoms with Crippen molar-refractivity contribution < 1.29 is 8.78 Å². The summed E-state index contributed by atoms with van der Waals surface area (Å²) >= 11 is 0. The minimum Gasteiger partial charge on any atom is -0.396 e. The number of hydrogen-bond donors (Lipinski definition) is 1. The van der Waals surface area contributed by atoms with Crippen molar-refractivity contribution in [2.45, 2.75) is 0 Å². The predicted molar refractivity (Wildman–Crippen MR) is 68.9 cm³/mol. The maximum Gasteiger partial charge on any atom is 0.151 e. The van der Waals surface area contributed by atoms with Crippen LogP contribution in [0.5, 0.6) is 0 Å². The zero-order valence-corrected chi connectivity index (χ0v) is 10.2. The molecule has 0 saturated carbocycles. The molecule has 0 atom stereocenters. The van der Waals surface area contributed by atoms with Crippen LogP contribution in [0.25, 0.3) is 17.1 Å². The fourth-order valence-electron chi connectivity index (χ4n) is 1.80. The second-order valence-corrected chi connectivity index (χ2v) is 4.06. The number of hydrogen-bond acceptors (Lipinski definition) is 4. The number of nitrogens with zero attached hydrogens (tertiary/aromatic N) is 4. The van der Waals surface area contributed by atoms with Crippen LogP contribution in [0.15, 0.2) is 43.0 Å². The van der Waals surface area contributed by atoms with Gasteiger partial charge in [0.05, 0.1) is 18.1 Å². The Bertz CT molecular complexity index is 755. The molecule has 0 aliphatic rings. The Hall–Kier alpha value is -2.83. The van der Waals surface area contributed by atoms with Gasteiger partial charge in [-0.2, -0.15) is 5.10 Å². The van der Waals surface area contributed by atoms with Gasteiger partial charge in [-0.25, -0.2) is 13.5 Å². The molecule has 0 radical (unpaired) electrons. The first-order valence-electron chi connectivity index (χ1n) is 5.72. The summed E-state index contributed by atoms with van der Waals surface area (Å²) in [5.74, 6) is -1.38. The second-order valence-electron chi connectivity index (χ2n) is 4.06. The standard InChI is InChI=1S/C13H9F2N5/c14-8-1-2-12(9(15)5-8)20-7-10(16)13(19-20)11-6-17-3-4-18-11/h1-7H,16H2. The summed E-state index contributed by atoms with van der Waals surface area (Å²) in [7, 11) is 0. The van der Waals surface area contributed by atoms with Crippen molar-refractivity contribution in [1.29, 1.82) is 0 Å². The Morgan fingerprint density at radius 3 is 2.70 bits per heavy atom. The van der Waals surface area contributed by atoms with E-state index < -0.39 is 11.6 Å². The van der Waals surface area contributed by atoms with Crippen LogP contribution in [0.2, 0.25) is 0 Å². The summed E-state index contributed by atoms with van der Waals surface area (Å²) in [6.45, 7) is 0. The van der Waals surface area contributed by atoms with E-state index in [2.05, 4.69) is 15.1 Å². The molecule has 1 aromatic carbocycles. The molecular weight excluding hydrogens is 264 g/mol. The molecule has 2 heterocycles. The number of rotatable bonds is 2. The average molecular weight is 273 g/mol. The predicted octanol–water partition coefficient (Wildman–Crippen LogP) is 2.19. The summed E-state index contributed by atoms with van der Waals surface area (Å²) < 4.78 is 27.9. The molecule has 0 bridgehead atoms.